The summed E-state index contributed by atoms with van der Waals surface area (Å²) in [5.74, 6) is 0.860. The third kappa shape index (κ3) is 2.80. The number of anilines is 1. The molecule has 3 heterocycles. The monoisotopic (exact) mass is 392 g/mol. The highest BCUT2D eigenvalue weighted by atomic mass is 15.4. The molecule has 1 aliphatic rings. The van der Waals surface area contributed by atoms with E-state index in [0.29, 0.717) is 6.54 Å². The number of aromatic nitrogens is 5. The number of hydrogen-bond acceptors (Lipinski definition) is 5. The van der Waals surface area contributed by atoms with Crippen LogP contribution in [0.25, 0.3) is 21.9 Å². The van der Waals surface area contributed by atoms with Gasteiger partial charge in [-0.1, -0.05) is 71.9 Å². The Bertz CT molecular complexity index is 1370. The number of rotatable bonds is 3. The average Bonchev–Trinajstić information content (AvgIpc) is 3.22. The summed E-state index contributed by atoms with van der Waals surface area (Å²) in [6.07, 6.45) is 2.63. The van der Waals surface area contributed by atoms with Crippen LogP contribution in [0.5, 0.6) is 0 Å². The van der Waals surface area contributed by atoms with Crippen molar-refractivity contribution in [1.82, 2.24) is 25.0 Å². The molecule has 0 N–H and O–H groups in total. The summed E-state index contributed by atoms with van der Waals surface area (Å²) >= 11 is 0. The molecular weight excluding hydrogens is 372 g/mol. The molecule has 0 fully saturated rings. The predicted octanol–water partition coefficient (Wildman–Crippen LogP) is 3.99. The van der Waals surface area contributed by atoms with E-state index in [0.717, 1.165) is 36.5 Å². The van der Waals surface area contributed by atoms with E-state index >= 15 is 0 Å². The summed E-state index contributed by atoms with van der Waals surface area (Å²) in [4.78, 5) is 11.4. The quantitative estimate of drug-likeness (QED) is 0.465. The Morgan fingerprint density at radius 3 is 2.63 bits per heavy atom. The van der Waals surface area contributed by atoms with Gasteiger partial charge in [0.1, 0.15) is 6.33 Å². The minimum absolute atomic E-state index is 0.622. The van der Waals surface area contributed by atoms with Crippen LogP contribution in [-0.4, -0.2) is 31.5 Å². The van der Waals surface area contributed by atoms with E-state index in [1.807, 2.05) is 4.68 Å². The van der Waals surface area contributed by atoms with E-state index in [1.54, 1.807) is 6.33 Å². The Hall–Kier alpha value is -3.80. The Balaban J connectivity index is 1.38. The van der Waals surface area contributed by atoms with Crippen molar-refractivity contribution in [3.05, 3.63) is 89.7 Å². The minimum Gasteiger partial charge on any atom is -0.350 e. The minimum atomic E-state index is 0.622. The number of benzene rings is 3. The van der Waals surface area contributed by atoms with Gasteiger partial charge in [0.25, 0.3) is 0 Å². The van der Waals surface area contributed by atoms with E-state index < -0.39 is 0 Å². The Labute approximate surface area is 173 Å². The number of fused-ring (bicyclic) bond motifs is 3. The van der Waals surface area contributed by atoms with Gasteiger partial charge in [-0.15, -0.1) is 5.10 Å². The van der Waals surface area contributed by atoms with Crippen molar-refractivity contribution in [2.75, 3.05) is 11.4 Å². The molecular formula is C24H20N6. The van der Waals surface area contributed by atoms with Crippen molar-refractivity contribution in [3.63, 3.8) is 0 Å². The van der Waals surface area contributed by atoms with Gasteiger partial charge < -0.3 is 4.90 Å². The lowest BCUT2D eigenvalue weighted by molar-refractivity contribution is 0.666. The third-order valence-corrected chi connectivity index (χ3v) is 5.91. The lowest BCUT2D eigenvalue weighted by Gasteiger charge is -2.29. The van der Waals surface area contributed by atoms with Gasteiger partial charge in [-0.3, -0.25) is 0 Å². The molecule has 0 amide bonds. The van der Waals surface area contributed by atoms with Gasteiger partial charge in [0, 0.05) is 13.1 Å². The molecule has 0 bridgehead atoms. The summed E-state index contributed by atoms with van der Waals surface area (Å²) in [7, 11) is 0. The lowest BCUT2D eigenvalue weighted by atomic mass is 10.00. The van der Waals surface area contributed by atoms with Gasteiger partial charge in [0.2, 0.25) is 0 Å². The van der Waals surface area contributed by atoms with E-state index in [1.165, 1.54) is 27.5 Å². The first-order chi connectivity index (χ1) is 14.9. The maximum atomic E-state index is 4.57. The Kier molecular flexibility index (Phi) is 3.94. The standard InChI is InChI=1S/C24H20N6/c1-2-8-19-14-29(13-12-17(19)6-1)23-22-24(26-16-25-23)30(28-27-22)15-20-10-5-9-18-7-3-4-11-21(18)20/h1-11,16H,12-15H2. The van der Waals surface area contributed by atoms with Gasteiger partial charge in [0.15, 0.2) is 17.0 Å². The van der Waals surface area contributed by atoms with Crippen LogP contribution in [0, 0.1) is 0 Å². The molecule has 2 aromatic heterocycles. The summed E-state index contributed by atoms with van der Waals surface area (Å²) in [6.45, 7) is 2.37. The van der Waals surface area contributed by atoms with Crippen LogP contribution in [0.15, 0.2) is 73.1 Å². The molecule has 3 aromatic carbocycles. The van der Waals surface area contributed by atoms with Crippen LogP contribution < -0.4 is 4.90 Å². The smallest absolute Gasteiger partial charge is 0.184 e. The second kappa shape index (κ2) is 6.91. The molecule has 0 atom stereocenters. The van der Waals surface area contributed by atoms with E-state index in [4.69, 9.17) is 0 Å². The molecule has 30 heavy (non-hydrogen) atoms. The van der Waals surface area contributed by atoms with Crippen LogP contribution in [0.2, 0.25) is 0 Å². The highest BCUT2D eigenvalue weighted by molar-refractivity contribution is 5.86. The first-order valence-electron chi connectivity index (χ1n) is 10.2. The van der Waals surface area contributed by atoms with Crippen LogP contribution in [0.1, 0.15) is 16.7 Å². The van der Waals surface area contributed by atoms with E-state index in [2.05, 4.69) is 91.9 Å². The fraction of sp³-hybridized carbons (Fsp3) is 0.167. The fourth-order valence-electron chi connectivity index (χ4n) is 4.39. The molecule has 5 aromatic rings. The zero-order chi connectivity index (χ0) is 19.9. The SMILES string of the molecule is c1ccc2c(c1)CCN(c1ncnc3c1nnn3Cc1cccc3ccccc13)C2. The van der Waals surface area contributed by atoms with E-state index in [9.17, 15) is 0 Å². The topological polar surface area (TPSA) is 59.7 Å². The number of hydrogen-bond donors (Lipinski definition) is 0. The highest BCUT2D eigenvalue weighted by Crippen LogP contribution is 2.27. The van der Waals surface area contributed by atoms with Crippen molar-refractivity contribution in [2.24, 2.45) is 0 Å². The molecule has 6 nitrogen and oxygen atoms in total. The molecule has 0 aliphatic carbocycles. The van der Waals surface area contributed by atoms with E-state index in [-0.39, 0.29) is 0 Å². The zero-order valence-corrected chi connectivity index (χ0v) is 16.4. The molecule has 1 aliphatic heterocycles. The van der Waals surface area contributed by atoms with Gasteiger partial charge in [-0.05, 0) is 33.9 Å². The van der Waals surface area contributed by atoms with Crippen LogP contribution >= 0.6 is 0 Å². The molecule has 0 saturated heterocycles. The average molecular weight is 392 g/mol. The maximum Gasteiger partial charge on any atom is 0.184 e. The molecule has 6 rings (SSSR count). The third-order valence-electron chi connectivity index (χ3n) is 5.91. The van der Waals surface area contributed by atoms with Crippen LogP contribution in [-0.2, 0) is 19.5 Å². The highest BCUT2D eigenvalue weighted by Gasteiger charge is 2.21. The zero-order valence-electron chi connectivity index (χ0n) is 16.4. The van der Waals surface area contributed by atoms with Crippen molar-refractivity contribution in [1.29, 1.82) is 0 Å². The molecule has 0 radical (unpaired) electrons. The van der Waals surface area contributed by atoms with Gasteiger partial charge in [0.05, 0.1) is 6.54 Å². The van der Waals surface area contributed by atoms with Crippen LogP contribution in [0.3, 0.4) is 0 Å². The van der Waals surface area contributed by atoms with Gasteiger partial charge >= 0.3 is 0 Å². The van der Waals surface area contributed by atoms with Gasteiger partial charge in [-0.2, -0.15) is 0 Å². The summed E-state index contributed by atoms with van der Waals surface area (Å²) in [5, 5.41) is 11.4. The molecule has 0 saturated carbocycles. The Morgan fingerprint density at radius 2 is 1.67 bits per heavy atom. The van der Waals surface area contributed by atoms with Crippen molar-refractivity contribution >= 4 is 27.8 Å². The van der Waals surface area contributed by atoms with Crippen molar-refractivity contribution < 1.29 is 0 Å². The Morgan fingerprint density at radius 1 is 0.833 bits per heavy atom. The summed E-state index contributed by atoms with van der Waals surface area (Å²) < 4.78 is 1.88. The van der Waals surface area contributed by atoms with Crippen molar-refractivity contribution in [2.45, 2.75) is 19.5 Å². The normalized spacial score (nSPS) is 13.7. The molecule has 6 heteroatoms. The van der Waals surface area contributed by atoms with Crippen molar-refractivity contribution in [3.8, 4) is 0 Å². The first kappa shape index (κ1) is 17.1. The predicted molar refractivity (Wildman–Crippen MR) is 117 cm³/mol. The second-order valence-corrected chi connectivity index (χ2v) is 7.70. The first-order valence-corrected chi connectivity index (χ1v) is 10.2. The summed E-state index contributed by atoms with van der Waals surface area (Å²) in [5.41, 5.74) is 5.49. The molecule has 146 valence electrons. The molecule has 0 unspecified atom stereocenters. The largest absolute Gasteiger partial charge is 0.350 e. The van der Waals surface area contributed by atoms with Crippen LogP contribution in [0.4, 0.5) is 5.82 Å². The fourth-order valence-corrected chi connectivity index (χ4v) is 4.39. The molecule has 0 spiro atoms. The van der Waals surface area contributed by atoms with Gasteiger partial charge in [-0.25, -0.2) is 14.6 Å². The number of nitrogens with zero attached hydrogens (tertiary/aromatic N) is 6. The lowest BCUT2D eigenvalue weighted by Crippen LogP contribution is -2.31. The summed E-state index contributed by atoms with van der Waals surface area (Å²) in [6, 6.07) is 23.4. The second-order valence-electron chi connectivity index (χ2n) is 7.70. The maximum absolute atomic E-state index is 4.57.